The maximum atomic E-state index is 7.15. The molecule has 4 heteroatoms. The summed E-state index contributed by atoms with van der Waals surface area (Å²) in [6.45, 7) is 4.50. The van der Waals surface area contributed by atoms with Gasteiger partial charge in [0.1, 0.15) is 11.2 Å². The lowest BCUT2D eigenvalue weighted by Crippen LogP contribution is -2.12. The van der Waals surface area contributed by atoms with E-state index in [2.05, 4.69) is 241 Å². The topological polar surface area (TPSA) is 35.4 Å². The Morgan fingerprint density at radius 3 is 1.99 bits per heavy atom. The summed E-state index contributed by atoms with van der Waals surface area (Å²) in [7, 11) is 0. The summed E-state index contributed by atoms with van der Waals surface area (Å²) in [5, 5.41) is 12.0. The average molecular weight is 870 g/mol. The van der Waals surface area contributed by atoms with Crippen LogP contribution in [-0.2, 0) is 0 Å². The van der Waals surface area contributed by atoms with Crippen molar-refractivity contribution in [2.45, 2.75) is 19.9 Å². The lowest BCUT2D eigenvalue weighted by molar-refractivity contribution is 0.585. The fourth-order valence-electron chi connectivity index (χ4n) is 11.5. The molecular weight excluding hydrogens is 827 g/mol. The van der Waals surface area contributed by atoms with Gasteiger partial charge in [0.25, 0.3) is 0 Å². The minimum Gasteiger partial charge on any atom is -0.455 e. The third kappa shape index (κ3) is 5.65. The second kappa shape index (κ2) is 14.9. The monoisotopic (exact) mass is 869 g/mol. The number of fused-ring (bicyclic) bond motifs is 12. The maximum Gasteiger partial charge on any atom is 0.145 e. The lowest BCUT2D eigenvalue weighted by Gasteiger charge is -2.23. The van der Waals surface area contributed by atoms with Crippen LogP contribution in [0.1, 0.15) is 36.6 Å². The summed E-state index contributed by atoms with van der Waals surface area (Å²) < 4.78 is 12.0. The smallest absolute Gasteiger partial charge is 0.145 e. The average Bonchev–Trinajstić information content (AvgIpc) is 4.03. The summed E-state index contributed by atoms with van der Waals surface area (Å²) in [5.74, 6) is -0.0720. The number of hydrogen-bond acceptors (Lipinski definition) is 2. The van der Waals surface area contributed by atoms with Gasteiger partial charge in [0, 0.05) is 60.8 Å². The van der Waals surface area contributed by atoms with Crippen molar-refractivity contribution in [3.8, 4) is 11.4 Å². The highest BCUT2D eigenvalue weighted by Crippen LogP contribution is 2.47. The molecule has 1 aliphatic heterocycles. The van der Waals surface area contributed by atoms with Crippen LogP contribution < -0.4 is 0 Å². The zero-order valence-corrected chi connectivity index (χ0v) is 37.6. The van der Waals surface area contributed by atoms with Crippen LogP contribution in [0, 0.1) is 5.92 Å². The normalized spacial score (nSPS) is 15.5. The van der Waals surface area contributed by atoms with Crippen LogP contribution >= 0.6 is 0 Å². The molecule has 320 valence electrons. The highest BCUT2D eigenvalue weighted by molar-refractivity contribution is 6.26. The van der Waals surface area contributed by atoms with E-state index in [4.69, 9.17) is 9.41 Å². The van der Waals surface area contributed by atoms with Gasteiger partial charge in [-0.05, 0) is 88.6 Å². The second-order valence-electron chi connectivity index (χ2n) is 18.3. The van der Waals surface area contributed by atoms with Crippen LogP contribution in [0.15, 0.2) is 233 Å². The molecule has 0 fully saturated rings. The van der Waals surface area contributed by atoms with Gasteiger partial charge in [-0.15, -0.1) is 5.73 Å². The first kappa shape index (κ1) is 38.6. The molecule has 68 heavy (non-hydrogen) atoms. The Balaban J connectivity index is 1.06. The van der Waals surface area contributed by atoms with E-state index in [0.717, 1.165) is 83.4 Å². The molecule has 0 aliphatic carbocycles. The molecule has 4 heterocycles. The van der Waals surface area contributed by atoms with Gasteiger partial charge in [-0.2, -0.15) is 0 Å². The molecule has 0 spiro atoms. The van der Waals surface area contributed by atoms with Crippen LogP contribution in [-0.4, -0.2) is 14.8 Å². The largest absolute Gasteiger partial charge is 0.455 e. The molecule has 1 aliphatic rings. The molecular formula is C64H43N3O. The van der Waals surface area contributed by atoms with Crippen molar-refractivity contribution in [3.63, 3.8) is 0 Å². The maximum absolute atomic E-state index is 7.15. The van der Waals surface area contributed by atoms with E-state index in [1.165, 1.54) is 48.6 Å². The number of rotatable bonds is 5. The third-order valence-electron chi connectivity index (χ3n) is 14.5. The number of aromatic nitrogens is 2. The SMILES string of the molecule is CC1=C=C(c2ccc(-n3c4cc5ccccc5cc4c4c5ccccc5ccc43)c3c2oc2ccccc23)C(C)C(c2ccccc2)N=C1c1cccc2c3ccccc3n(-c3ccccc3)c12. The van der Waals surface area contributed by atoms with E-state index < -0.39 is 0 Å². The van der Waals surface area contributed by atoms with E-state index in [0.29, 0.717) is 0 Å². The molecule has 0 radical (unpaired) electrons. The van der Waals surface area contributed by atoms with Crippen molar-refractivity contribution < 1.29 is 4.42 Å². The van der Waals surface area contributed by atoms with Gasteiger partial charge in [-0.1, -0.05) is 165 Å². The van der Waals surface area contributed by atoms with E-state index in [1.54, 1.807) is 0 Å². The lowest BCUT2D eigenvalue weighted by atomic mass is 9.85. The number of benzene rings is 10. The molecule has 0 bridgehead atoms. The summed E-state index contributed by atoms with van der Waals surface area (Å²) >= 11 is 0. The molecule has 2 atom stereocenters. The van der Waals surface area contributed by atoms with Crippen LogP contribution in [0.25, 0.3) is 104 Å². The van der Waals surface area contributed by atoms with Crippen molar-refractivity contribution in [2.75, 3.05) is 0 Å². The first-order valence-electron chi connectivity index (χ1n) is 23.6. The molecule has 0 saturated carbocycles. The van der Waals surface area contributed by atoms with Crippen LogP contribution in [0.2, 0.25) is 0 Å². The number of hydrogen-bond donors (Lipinski definition) is 0. The predicted molar refractivity (Wildman–Crippen MR) is 285 cm³/mol. The molecule has 3 aromatic heterocycles. The highest BCUT2D eigenvalue weighted by atomic mass is 16.3. The Kier molecular flexibility index (Phi) is 8.46. The van der Waals surface area contributed by atoms with Crippen LogP contribution in [0.3, 0.4) is 0 Å². The van der Waals surface area contributed by atoms with Gasteiger partial charge in [0.2, 0.25) is 0 Å². The molecule has 10 aromatic carbocycles. The Morgan fingerprint density at radius 2 is 1.16 bits per heavy atom. The third-order valence-corrected chi connectivity index (χ3v) is 14.5. The Bertz CT molecular complexity index is 4330. The van der Waals surface area contributed by atoms with Crippen molar-refractivity contribution in [3.05, 3.63) is 240 Å². The molecule has 0 N–H and O–H groups in total. The summed E-state index contributed by atoms with van der Waals surface area (Å²) in [4.78, 5) is 5.86. The standard InChI is InChI=1S/C64H43N3O/c1-39-36-52(40(2)62(42-19-5-3-6-20-42)65-61(39)51-29-17-28-48-47-26-13-15-30-54(47)66(63(48)51)45-23-7-4-8-24-45)49-33-35-56(60-50-27-14-16-31-58(50)68-64(49)60)67-55-34-32-41-18-11-12-25-46(41)59(55)53-37-43-21-9-10-22-44(43)38-57(53)67/h3-35,37-38,40,62H,1-2H3. The van der Waals surface area contributed by atoms with Crippen molar-refractivity contribution in [1.82, 2.24) is 9.13 Å². The Hall–Kier alpha value is -8.69. The van der Waals surface area contributed by atoms with Crippen molar-refractivity contribution in [2.24, 2.45) is 10.9 Å². The van der Waals surface area contributed by atoms with Crippen LogP contribution in [0.4, 0.5) is 0 Å². The van der Waals surface area contributed by atoms with E-state index in [9.17, 15) is 0 Å². The Morgan fingerprint density at radius 1 is 0.485 bits per heavy atom. The fourth-order valence-corrected chi connectivity index (χ4v) is 11.5. The zero-order chi connectivity index (χ0) is 45.0. The van der Waals surface area contributed by atoms with Gasteiger partial charge < -0.3 is 13.6 Å². The summed E-state index contributed by atoms with van der Waals surface area (Å²) in [5.41, 5.74) is 18.9. The van der Waals surface area contributed by atoms with E-state index in [-0.39, 0.29) is 12.0 Å². The predicted octanol–water partition coefficient (Wildman–Crippen LogP) is 16.9. The molecule has 0 amide bonds. The first-order valence-corrected chi connectivity index (χ1v) is 23.6. The fraction of sp³-hybridized carbons (Fsp3) is 0.0625. The number of furan rings is 1. The van der Waals surface area contributed by atoms with E-state index >= 15 is 0 Å². The Labute approximate surface area is 392 Å². The van der Waals surface area contributed by atoms with Crippen molar-refractivity contribution >= 4 is 98.4 Å². The van der Waals surface area contributed by atoms with Gasteiger partial charge in [-0.25, -0.2) is 0 Å². The molecule has 14 rings (SSSR count). The van der Waals surface area contributed by atoms with Gasteiger partial charge in [0.05, 0.1) is 44.9 Å². The highest BCUT2D eigenvalue weighted by Gasteiger charge is 2.31. The van der Waals surface area contributed by atoms with Gasteiger partial charge >= 0.3 is 0 Å². The van der Waals surface area contributed by atoms with Crippen molar-refractivity contribution in [1.29, 1.82) is 0 Å². The van der Waals surface area contributed by atoms with Crippen LogP contribution in [0.5, 0.6) is 0 Å². The van der Waals surface area contributed by atoms with Gasteiger partial charge in [-0.3, -0.25) is 4.99 Å². The van der Waals surface area contributed by atoms with Gasteiger partial charge in [0.15, 0.2) is 0 Å². The summed E-state index contributed by atoms with van der Waals surface area (Å²) in [6, 6.07) is 76.5. The van der Waals surface area contributed by atoms with E-state index in [1.807, 2.05) is 0 Å². The minimum absolute atomic E-state index is 0.0720. The molecule has 0 saturated heterocycles. The molecule has 2 unspecified atom stereocenters. The molecule has 4 nitrogen and oxygen atoms in total. The quantitative estimate of drug-likeness (QED) is 0.159. The summed E-state index contributed by atoms with van der Waals surface area (Å²) in [6.07, 6.45) is 0. The number of nitrogens with zero attached hydrogens (tertiary/aromatic N) is 3. The molecule has 13 aromatic rings. The second-order valence-corrected chi connectivity index (χ2v) is 18.3. The number of aliphatic imine (C=N–C) groups is 1. The number of para-hydroxylation sites is 4. The first-order chi connectivity index (χ1) is 33.6. The minimum atomic E-state index is -0.214. The zero-order valence-electron chi connectivity index (χ0n) is 37.6.